The van der Waals surface area contributed by atoms with Crippen LogP contribution in [0, 0.1) is 11.6 Å². The summed E-state index contributed by atoms with van der Waals surface area (Å²) in [5.74, 6) is -3.67. The quantitative estimate of drug-likeness (QED) is 0.396. The third-order valence-corrected chi connectivity index (χ3v) is 4.76. The van der Waals surface area contributed by atoms with Gasteiger partial charge in [0.15, 0.2) is 0 Å². The summed E-state index contributed by atoms with van der Waals surface area (Å²) in [7, 11) is 1.32. The smallest absolute Gasteiger partial charge is 0.300 e. The number of anilines is 1. The molecule has 1 unspecified atom stereocenters. The SMILES string of the molecule is COc1ccc(F)cc1/C(O)=C1/C(=O)C(=O)N(c2cccc(F)c2)C1c1ccco1. The fourth-order valence-corrected chi connectivity index (χ4v) is 3.45. The molecule has 0 saturated carbocycles. The molecule has 1 fully saturated rings. The number of Topliss-reactive ketones (excluding diaryl/α,β-unsaturated/α-hetero) is 1. The van der Waals surface area contributed by atoms with Crippen molar-refractivity contribution >= 4 is 23.1 Å². The van der Waals surface area contributed by atoms with E-state index in [4.69, 9.17) is 9.15 Å². The summed E-state index contributed by atoms with van der Waals surface area (Å²) in [5, 5.41) is 11.0. The number of hydrogen-bond donors (Lipinski definition) is 1. The summed E-state index contributed by atoms with van der Waals surface area (Å²) in [5.41, 5.74) is -0.335. The second kappa shape index (κ2) is 7.47. The van der Waals surface area contributed by atoms with Gasteiger partial charge in [-0.15, -0.1) is 0 Å². The van der Waals surface area contributed by atoms with Crippen LogP contribution in [0.2, 0.25) is 0 Å². The molecule has 1 aliphatic rings. The Kier molecular flexibility index (Phi) is 4.83. The van der Waals surface area contributed by atoms with Gasteiger partial charge in [0.25, 0.3) is 11.7 Å². The van der Waals surface area contributed by atoms with Crippen LogP contribution in [0.1, 0.15) is 17.4 Å². The zero-order valence-electron chi connectivity index (χ0n) is 15.6. The molecule has 3 aromatic rings. The lowest BCUT2D eigenvalue weighted by atomic mass is 9.98. The standard InChI is InChI=1S/C22H15F2NO5/c1-29-16-8-7-13(24)11-15(16)20(26)18-19(17-6-3-9-30-17)25(22(28)21(18)27)14-5-2-4-12(23)10-14/h2-11,19,26H,1H3/b20-18-. The number of aliphatic hydroxyl groups is 1. The molecule has 1 amide bonds. The fraction of sp³-hybridized carbons (Fsp3) is 0.0909. The number of carbonyl (C=O) groups excluding carboxylic acids is 2. The molecule has 152 valence electrons. The molecule has 2 aromatic carbocycles. The van der Waals surface area contributed by atoms with Crippen LogP contribution in [0.4, 0.5) is 14.5 Å². The molecular weight excluding hydrogens is 396 g/mol. The van der Waals surface area contributed by atoms with Crippen molar-refractivity contribution in [2.75, 3.05) is 12.0 Å². The number of rotatable bonds is 4. The first-order valence-electron chi connectivity index (χ1n) is 8.86. The predicted molar refractivity (Wildman–Crippen MR) is 103 cm³/mol. The summed E-state index contributed by atoms with van der Waals surface area (Å²) in [6, 6.07) is 10.4. The minimum absolute atomic E-state index is 0.101. The van der Waals surface area contributed by atoms with Gasteiger partial charge in [-0.1, -0.05) is 6.07 Å². The number of carbonyl (C=O) groups is 2. The molecule has 1 aromatic heterocycles. The maximum absolute atomic E-state index is 13.8. The van der Waals surface area contributed by atoms with Crippen molar-refractivity contribution in [2.45, 2.75) is 6.04 Å². The van der Waals surface area contributed by atoms with Crippen LogP contribution in [0.15, 0.2) is 70.9 Å². The minimum Gasteiger partial charge on any atom is -0.507 e. The zero-order valence-corrected chi connectivity index (χ0v) is 15.6. The molecule has 1 aliphatic heterocycles. The number of halogens is 2. The highest BCUT2D eigenvalue weighted by Gasteiger charge is 2.48. The molecule has 8 heteroatoms. The van der Waals surface area contributed by atoms with Crippen LogP contribution in [0.5, 0.6) is 5.75 Å². The highest BCUT2D eigenvalue weighted by atomic mass is 19.1. The number of amides is 1. The molecule has 0 spiro atoms. The Morgan fingerprint density at radius 3 is 2.50 bits per heavy atom. The van der Waals surface area contributed by atoms with E-state index in [1.54, 1.807) is 6.07 Å². The number of furan rings is 1. The van der Waals surface area contributed by atoms with Crippen LogP contribution in [-0.4, -0.2) is 23.9 Å². The van der Waals surface area contributed by atoms with E-state index in [-0.39, 0.29) is 28.3 Å². The van der Waals surface area contributed by atoms with Crippen molar-refractivity contribution in [1.82, 2.24) is 0 Å². The van der Waals surface area contributed by atoms with Gasteiger partial charge in [0.1, 0.15) is 34.9 Å². The Morgan fingerprint density at radius 2 is 1.83 bits per heavy atom. The summed E-state index contributed by atoms with van der Waals surface area (Å²) in [4.78, 5) is 26.8. The van der Waals surface area contributed by atoms with E-state index in [1.807, 2.05) is 0 Å². The Labute approximate surface area is 169 Å². The van der Waals surface area contributed by atoms with Crippen LogP contribution in [0.25, 0.3) is 5.76 Å². The molecule has 6 nitrogen and oxygen atoms in total. The highest BCUT2D eigenvalue weighted by molar-refractivity contribution is 6.51. The summed E-state index contributed by atoms with van der Waals surface area (Å²) in [6.07, 6.45) is 1.34. The van der Waals surface area contributed by atoms with Crippen LogP contribution in [-0.2, 0) is 9.59 Å². The number of aliphatic hydroxyl groups excluding tert-OH is 1. The molecule has 1 atom stereocenters. The van der Waals surface area contributed by atoms with E-state index in [2.05, 4.69) is 0 Å². The van der Waals surface area contributed by atoms with E-state index in [9.17, 15) is 23.5 Å². The van der Waals surface area contributed by atoms with Crippen molar-refractivity contribution in [3.8, 4) is 5.75 Å². The summed E-state index contributed by atoms with van der Waals surface area (Å²) >= 11 is 0. The largest absolute Gasteiger partial charge is 0.507 e. The first-order valence-corrected chi connectivity index (χ1v) is 8.86. The average Bonchev–Trinajstić information content (AvgIpc) is 3.34. The third-order valence-electron chi connectivity index (χ3n) is 4.76. The fourth-order valence-electron chi connectivity index (χ4n) is 3.45. The van der Waals surface area contributed by atoms with Gasteiger partial charge in [0.2, 0.25) is 0 Å². The number of ether oxygens (including phenoxy) is 1. The Hall–Kier alpha value is -3.94. The van der Waals surface area contributed by atoms with E-state index in [1.165, 1.54) is 43.7 Å². The van der Waals surface area contributed by atoms with Crippen molar-refractivity contribution in [3.05, 3.63) is 89.4 Å². The maximum atomic E-state index is 13.8. The molecule has 0 bridgehead atoms. The van der Waals surface area contributed by atoms with Gasteiger partial charge in [0.05, 0.1) is 24.5 Å². The minimum atomic E-state index is -1.19. The van der Waals surface area contributed by atoms with Crippen molar-refractivity contribution in [1.29, 1.82) is 0 Å². The van der Waals surface area contributed by atoms with E-state index >= 15 is 0 Å². The van der Waals surface area contributed by atoms with Gasteiger partial charge in [-0.3, -0.25) is 14.5 Å². The summed E-state index contributed by atoms with van der Waals surface area (Å²) < 4.78 is 38.2. The number of hydrogen-bond acceptors (Lipinski definition) is 5. The number of ketones is 1. The molecule has 0 aliphatic carbocycles. The van der Waals surface area contributed by atoms with Crippen LogP contribution in [0.3, 0.4) is 0 Å². The van der Waals surface area contributed by atoms with Crippen molar-refractivity contribution in [3.63, 3.8) is 0 Å². The van der Waals surface area contributed by atoms with Crippen molar-refractivity contribution < 1.29 is 32.6 Å². The maximum Gasteiger partial charge on any atom is 0.300 e. The highest BCUT2D eigenvalue weighted by Crippen LogP contribution is 2.43. The van der Waals surface area contributed by atoms with Gasteiger partial charge < -0.3 is 14.3 Å². The number of nitrogens with zero attached hydrogens (tertiary/aromatic N) is 1. The lowest BCUT2D eigenvalue weighted by Gasteiger charge is -2.23. The zero-order chi connectivity index (χ0) is 21.4. The van der Waals surface area contributed by atoms with Gasteiger partial charge in [-0.25, -0.2) is 8.78 Å². The Morgan fingerprint density at radius 1 is 1.07 bits per heavy atom. The first kappa shape index (κ1) is 19.4. The van der Waals surface area contributed by atoms with Gasteiger partial charge in [-0.2, -0.15) is 0 Å². The normalized spacial score (nSPS) is 18.1. The lowest BCUT2D eigenvalue weighted by molar-refractivity contribution is -0.132. The number of methoxy groups -OCH3 is 1. The second-order valence-corrected chi connectivity index (χ2v) is 6.51. The second-order valence-electron chi connectivity index (χ2n) is 6.51. The van der Waals surface area contributed by atoms with Gasteiger partial charge >= 0.3 is 0 Å². The molecule has 1 saturated heterocycles. The van der Waals surface area contributed by atoms with Crippen LogP contribution >= 0.6 is 0 Å². The van der Waals surface area contributed by atoms with E-state index < -0.39 is 35.1 Å². The molecule has 1 N–H and O–H groups in total. The van der Waals surface area contributed by atoms with Crippen molar-refractivity contribution in [2.24, 2.45) is 0 Å². The molecule has 4 rings (SSSR count). The Bertz CT molecular complexity index is 1170. The first-order chi connectivity index (χ1) is 14.4. The molecule has 2 heterocycles. The van der Waals surface area contributed by atoms with Gasteiger partial charge in [0, 0.05) is 5.69 Å². The third kappa shape index (κ3) is 3.12. The predicted octanol–water partition coefficient (Wildman–Crippen LogP) is 4.19. The molecule has 30 heavy (non-hydrogen) atoms. The monoisotopic (exact) mass is 411 g/mol. The van der Waals surface area contributed by atoms with E-state index in [0.717, 1.165) is 23.1 Å². The Balaban J connectivity index is 1.97. The lowest BCUT2D eigenvalue weighted by Crippen LogP contribution is -2.29. The number of benzene rings is 2. The topological polar surface area (TPSA) is 80.0 Å². The average molecular weight is 411 g/mol. The van der Waals surface area contributed by atoms with E-state index in [0.29, 0.717) is 0 Å². The van der Waals surface area contributed by atoms with Crippen LogP contribution < -0.4 is 9.64 Å². The molecular formula is C22H15F2NO5. The van der Waals surface area contributed by atoms with Gasteiger partial charge in [-0.05, 0) is 48.5 Å². The summed E-state index contributed by atoms with van der Waals surface area (Å²) in [6.45, 7) is 0. The molecule has 0 radical (unpaired) electrons.